The van der Waals surface area contributed by atoms with E-state index in [9.17, 15) is 9.59 Å². The van der Waals surface area contributed by atoms with Gasteiger partial charge >= 0.3 is 12.1 Å². The lowest BCUT2D eigenvalue weighted by molar-refractivity contribution is -0.146. The lowest BCUT2D eigenvalue weighted by Gasteiger charge is -2.32. The van der Waals surface area contributed by atoms with Crippen LogP contribution in [0.15, 0.2) is 0 Å². The van der Waals surface area contributed by atoms with Crippen molar-refractivity contribution in [2.45, 2.75) is 32.7 Å². The van der Waals surface area contributed by atoms with Gasteiger partial charge in [-0.25, -0.2) is 9.59 Å². The van der Waals surface area contributed by atoms with E-state index in [-0.39, 0.29) is 5.92 Å². The van der Waals surface area contributed by atoms with E-state index in [1.165, 1.54) is 7.11 Å². The molecule has 0 aliphatic carbocycles. The third kappa shape index (κ3) is 2.37. The highest BCUT2D eigenvalue weighted by Crippen LogP contribution is 2.21. The second-order valence-electron chi connectivity index (χ2n) is 3.40. The van der Waals surface area contributed by atoms with E-state index < -0.39 is 17.6 Å². The molecule has 0 bridgehead atoms. The van der Waals surface area contributed by atoms with Gasteiger partial charge in [-0.15, -0.1) is 0 Å². The number of carbonyl (C=O) groups excluding carboxylic acids is 1. The van der Waals surface area contributed by atoms with Crippen LogP contribution in [0.2, 0.25) is 0 Å². The first-order valence-electron chi connectivity index (χ1n) is 4.50. The van der Waals surface area contributed by atoms with Crippen LogP contribution in [-0.2, 0) is 9.53 Å². The first-order chi connectivity index (χ1) is 6.40. The normalized spacial score (nSPS) is 14.6. The smallest absolute Gasteiger partial charge is 0.407 e. The monoisotopic (exact) mass is 203 g/mol. The number of nitrogens with one attached hydrogen (secondary N) is 1. The van der Waals surface area contributed by atoms with E-state index in [1.807, 2.05) is 0 Å². The summed E-state index contributed by atoms with van der Waals surface area (Å²) in [5.74, 6) is -1.25. The number of carboxylic acid groups (broad SMARTS) is 1. The number of carbonyl (C=O) groups is 2. The summed E-state index contributed by atoms with van der Waals surface area (Å²) in [7, 11) is 1.21. The van der Waals surface area contributed by atoms with Crippen LogP contribution in [0, 0.1) is 5.92 Å². The fraction of sp³-hybridized carbons (Fsp3) is 0.778. The van der Waals surface area contributed by atoms with Crippen LogP contribution in [-0.4, -0.2) is 29.8 Å². The molecule has 0 radical (unpaired) electrons. The Kier molecular flexibility index (Phi) is 4.40. The molecule has 2 N–H and O–H groups in total. The van der Waals surface area contributed by atoms with Crippen LogP contribution in [0.4, 0.5) is 4.79 Å². The molecule has 0 aromatic rings. The SMILES string of the molecule is CCC(NC(=O)OC)(C(=O)O)C(C)C. The molecule has 82 valence electrons. The van der Waals surface area contributed by atoms with Gasteiger partial charge in [0, 0.05) is 0 Å². The van der Waals surface area contributed by atoms with Gasteiger partial charge in [0.2, 0.25) is 0 Å². The van der Waals surface area contributed by atoms with Crippen LogP contribution >= 0.6 is 0 Å². The predicted molar refractivity (Wildman–Crippen MR) is 51.0 cm³/mol. The maximum Gasteiger partial charge on any atom is 0.407 e. The Hall–Kier alpha value is -1.26. The fourth-order valence-electron chi connectivity index (χ4n) is 1.33. The standard InChI is InChI=1S/C9H17NO4/c1-5-9(6(2)3,7(11)12)10-8(13)14-4/h6H,5H2,1-4H3,(H,10,13)(H,11,12). The maximum atomic E-state index is 11.1. The van der Waals surface area contributed by atoms with Crippen molar-refractivity contribution in [3.63, 3.8) is 0 Å². The summed E-state index contributed by atoms with van der Waals surface area (Å²) in [6.45, 7) is 5.20. The number of aliphatic carboxylic acids is 1. The lowest BCUT2D eigenvalue weighted by atomic mass is 9.84. The minimum absolute atomic E-state index is 0.205. The summed E-state index contributed by atoms with van der Waals surface area (Å²) in [5, 5.41) is 11.4. The number of hydrogen-bond donors (Lipinski definition) is 2. The molecule has 1 atom stereocenters. The Balaban J connectivity index is 4.86. The van der Waals surface area contributed by atoms with E-state index in [4.69, 9.17) is 5.11 Å². The van der Waals surface area contributed by atoms with Gasteiger partial charge in [0.15, 0.2) is 0 Å². The highest BCUT2D eigenvalue weighted by atomic mass is 16.5. The van der Waals surface area contributed by atoms with Gasteiger partial charge in [0.1, 0.15) is 5.54 Å². The van der Waals surface area contributed by atoms with Crippen molar-refractivity contribution in [2.75, 3.05) is 7.11 Å². The summed E-state index contributed by atoms with van der Waals surface area (Å²) in [6, 6.07) is 0. The summed E-state index contributed by atoms with van der Waals surface area (Å²) in [4.78, 5) is 22.1. The Bertz CT molecular complexity index is 227. The molecule has 5 nitrogen and oxygen atoms in total. The summed E-state index contributed by atoms with van der Waals surface area (Å²) >= 11 is 0. The third-order valence-electron chi connectivity index (χ3n) is 2.44. The maximum absolute atomic E-state index is 11.1. The average molecular weight is 203 g/mol. The van der Waals surface area contributed by atoms with Crippen molar-refractivity contribution in [3.8, 4) is 0 Å². The van der Waals surface area contributed by atoms with E-state index in [0.29, 0.717) is 6.42 Å². The summed E-state index contributed by atoms with van der Waals surface area (Å²) in [6.07, 6.45) is -0.405. The Morgan fingerprint density at radius 2 is 2.00 bits per heavy atom. The van der Waals surface area contributed by atoms with E-state index in [1.54, 1.807) is 20.8 Å². The molecule has 0 heterocycles. The average Bonchev–Trinajstić information content (AvgIpc) is 2.12. The van der Waals surface area contributed by atoms with Crippen LogP contribution < -0.4 is 5.32 Å². The number of methoxy groups -OCH3 is 1. The second-order valence-corrected chi connectivity index (χ2v) is 3.40. The molecule has 1 amide bonds. The number of rotatable bonds is 4. The van der Waals surface area contributed by atoms with Gasteiger partial charge in [0.05, 0.1) is 7.11 Å². The highest BCUT2D eigenvalue weighted by molar-refractivity contribution is 5.84. The Morgan fingerprint density at radius 3 is 2.21 bits per heavy atom. The van der Waals surface area contributed by atoms with Crippen molar-refractivity contribution in [1.29, 1.82) is 0 Å². The number of carboxylic acids is 1. The molecule has 0 aliphatic heterocycles. The number of alkyl carbamates (subject to hydrolysis) is 1. The molecular formula is C9H17NO4. The van der Waals surface area contributed by atoms with Gasteiger partial charge in [0.25, 0.3) is 0 Å². The Morgan fingerprint density at radius 1 is 1.50 bits per heavy atom. The minimum Gasteiger partial charge on any atom is -0.479 e. The molecule has 0 spiro atoms. The molecule has 0 aromatic heterocycles. The van der Waals surface area contributed by atoms with Crippen LogP contribution in [0.5, 0.6) is 0 Å². The zero-order chi connectivity index (χ0) is 11.4. The van der Waals surface area contributed by atoms with Gasteiger partial charge in [-0.1, -0.05) is 20.8 Å². The fourth-order valence-corrected chi connectivity index (χ4v) is 1.33. The summed E-state index contributed by atoms with van der Waals surface area (Å²) in [5.41, 5.74) is -1.24. The molecule has 0 aromatic carbocycles. The number of amides is 1. The predicted octanol–water partition coefficient (Wildman–Crippen LogP) is 1.23. The summed E-state index contributed by atoms with van der Waals surface area (Å²) < 4.78 is 4.39. The second kappa shape index (κ2) is 4.83. The molecule has 0 fully saturated rings. The molecule has 14 heavy (non-hydrogen) atoms. The van der Waals surface area contributed by atoms with Crippen LogP contribution in [0.25, 0.3) is 0 Å². The Labute approximate surface area is 83.4 Å². The van der Waals surface area contributed by atoms with Crippen molar-refractivity contribution in [3.05, 3.63) is 0 Å². The van der Waals surface area contributed by atoms with Crippen LogP contribution in [0.3, 0.4) is 0 Å². The van der Waals surface area contributed by atoms with Gasteiger partial charge in [-0.2, -0.15) is 0 Å². The zero-order valence-corrected chi connectivity index (χ0v) is 8.96. The van der Waals surface area contributed by atoms with E-state index in [0.717, 1.165) is 0 Å². The third-order valence-corrected chi connectivity index (χ3v) is 2.44. The van der Waals surface area contributed by atoms with Gasteiger partial charge in [-0.3, -0.25) is 0 Å². The van der Waals surface area contributed by atoms with Crippen molar-refractivity contribution >= 4 is 12.1 Å². The first-order valence-corrected chi connectivity index (χ1v) is 4.50. The molecule has 0 rings (SSSR count). The number of hydrogen-bond acceptors (Lipinski definition) is 3. The van der Waals surface area contributed by atoms with Crippen molar-refractivity contribution < 1.29 is 19.4 Å². The lowest BCUT2D eigenvalue weighted by Crippen LogP contribution is -2.57. The molecule has 0 aliphatic rings. The quantitative estimate of drug-likeness (QED) is 0.720. The largest absolute Gasteiger partial charge is 0.479 e. The number of ether oxygens (including phenoxy) is 1. The molecule has 5 heteroatoms. The van der Waals surface area contributed by atoms with Crippen molar-refractivity contribution in [1.82, 2.24) is 5.32 Å². The van der Waals surface area contributed by atoms with Crippen LogP contribution in [0.1, 0.15) is 27.2 Å². The minimum atomic E-state index is -1.24. The molecular weight excluding hydrogens is 186 g/mol. The van der Waals surface area contributed by atoms with E-state index in [2.05, 4.69) is 10.1 Å². The highest BCUT2D eigenvalue weighted by Gasteiger charge is 2.41. The molecule has 0 saturated heterocycles. The van der Waals surface area contributed by atoms with Gasteiger partial charge < -0.3 is 15.2 Å². The van der Waals surface area contributed by atoms with Gasteiger partial charge in [-0.05, 0) is 12.3 Å². The topological polar surface area (TPSA) is 75.6 Å². The molecule has 1 unspecified atom stereocenters. The van der Waals surface area contributed by atoms with Crippen molar-refractivity contribution in [2.24, 2.45) is 5.92 Å². The zero-order valence-electron chi connectivity index (χ0n) is 8.96. The van der Waals surface area contributed by atoms with E-state index >= 15 is 0 Å². The first kappa shape index (κ1) is 12.7. The molecule has 0 saturated carbocycles.